The quantitative estimate of drug-likeness (QED) is 0.637. The van der Waals surface area contributed by atoms with Crippen molar-refractivity contribution in [3.05, 3.63) is 56.6 Å². The van der Waals surface area contributed by atoms with E-state index in [2.05, 4.69) is 36.8 Å². The van der Waals surface area contributed by atoms with Crippen LogP contribution in [0.4, 0.5) is 4.39 Å². The van der Waals surface area contributed by atoms with E-state index in [1.807, 2.05) is 0 Å². The molecule has 8 heteroatoms. The number of halogens is 3. The normalized spacial score (nSPS) is 11.1. The number of benzene rings is 1. The number of nitrogens with zero attached hydrogens (tertiary/aromatic N) is 2. The minimum atomic E-state index is -1.31. The molecular formula is C15H9Br2FN2O3. The van der Waals surface area contributed by atoms with Crippen LogP contribution in [0.5, 0.6) is 5.75 Å². The molecule has 0 aliphatic carbocycles. The van der Waals surface area contributed by atoms with Gasteiger partial charge in [-0.2, -0.15) is 0 Å². The first kappa shape index (κ1) is 15.9. The van der Waals surface area contributed by atoms with E-state index in [0.29, 0.717) is 26.5 Å². The highest BCUT2D eigenvalue weighted by atomic mass is 79.9. The number of fused-ring (bicyclic) bond motifs is 1. The monoisotopic (exact) mass is 442 g/mol. The number of hydrogen-bond donors (Lipinski definition) is 2. The number of hydrogen-bond acceptors (Lipinski definition) is 3. The van der Waals surface area contributed by atoms with E-state index in [-0.39, 0.29) is 5.82 Å². The van der Waals surface area contributed by atoms with Gasteiger partial charge in [-0.1, -0.05) is 12.1 Å². The smallest absolute Gasteiger partial charge is 0.358 e. The van der Waals surface area contributed by atoms with Gasteiger partial charge in [0.1, 0.15) is 10.4 Å². The summed E-state index contributed by atoms with van der Waals surface area (Å²) in [7, 11) is 0. The molecule has 118 valence electrons. The van der Waals surface area contributed by atoms with E-state index in [0.717, 1.165) is 5.56 Å². The molecule has 0 unspecified atom stereocenters. The topological polar surface area (TPSA) is 75.3 Å². The number of carbonyl (C=O) groups is 1. The van der Waals surface area contributed by atoms with Gasteiger partial charge in [-0.25, -0.2) is 14.2 Å². The number of rotatable bonds is 3. The van der Waals surface area contributed by atoms with Crippen LogP contribution < -0.4 is 0 Å². The Bertz CT molecular complexity index is 940. The maximum absolute atomic E-state index is 13.3. The molecule has 0 saturated carbocycles. The van der Waals surface area contributed by atoms with Crippen molar-refractivity contribution >= 4 is 48.7 Å². The van der Waals surface area contributed by atoms with Gasteiger partial charge in [-0.15, -0.1) is 0 Å². The fourth-order valence-corrected chi connectivity index (χ4v) is 3.49. The summed E-state index contributed by atoms with van der Waals surface area (Å²) in [5, 5.41) is 19.6. The molecule has 0 saturated heterocycles. The highest BCUT2D eigenvalue weighted by Crippen LogP contribution is 2.40. The number of pyridine rings is 1. The number of carboxylic acids is 1. The minimum absolute atomic E-state index is 0.327. The van der Waals surface area contributed by atoms with Crippen molar-refractivity contribution in [1.82, 2.24) is 9.55 Å². The minimum Gasteiger partial charge on any atom is -0.505 e. The van der Waals surface area contributed by atoms with E-state index >= 15 is 0 Å². The van der Waals surface area contributed by atoms with E-state index in [4.69, 9.17) is 5.11 Å². The van der Waals surface area contributed by atoms with Crippen molar-refractivity contribution in [2.24, 2.45) is 0 Å². The van der Waals surface area contributed by atoms with E-state index in [9.17, 15) is 14.3 Å². The Labute approximate surface area is 146 Å². The molecule has 0 fully saturated rings. The summed E-state index contributed by atoms with van der Waals surface area (Å²) in [6, 6.07) is 6.14. The summed E-state index contributed by atoms with van der Waals surface area (Å²) in [6.07, 6.45) is 1.37. The van der Waals surface area contributed by atoms with Gasteiger partial charge in [0.15, 0.2) is 11.4 Å². The molecule has 3 rings (SSSR count). The zero-order chi connectivity index (χ0) is 16.7. The number of aromatic nitrogens is 2. The molecule has 3 aromatic rings. The molecular weight excluding hydrogens is 435 g/mol. The standard InChI is InChI=1S/C15H9Br2FN2O3/c16-11-10-9(5-19-12(13(10)21)15(22)23)20(14(11)17)6-7-2-1-3-8(18)4-7/h1-5,21H,6H2,(H,22,23). The number of aromatic carboxylic acids is 1. The lowest BCUT2D eigenvalue weighted by Gasteiger charge is -2.08. The van der Waals surface area contributed by atoms with Crippen LogP contribution in [-0.2, 0) is 6.54 Å². The summed E-state index contributed by atoms with van der Waals surface area (Å²) >= 11 is 6.74. The lowest BCUT2D eigenvalue weighted by atomic mass is 10.2. The van der Waals surface area contributed by atoms with Gasteiger partial charge in [-0.05, 0) is 49.6 Å². The van der Waals surface area contributed by atoms with Crippen LogP contribution in [0.3, 0.4) is 0 Å². The van der Waals surface area contributed by atoms with Gasteiger partial charge in [0.25, 0.3) is 0 Å². The highest BCUT2D eigenvalue weighted by Gasteiger charge is 2.22. The molecule has 0 aliphatic heterocycles. The second-order valence-electron chi connectivity index (χ2n) is 4.84. The second-order valence-corrected chi connectivity index (χ2v) is 6.39. The molecule has 2 N–H and O–H groups in total. The van der Waals surface area contributed by atoms with Crippen LogP contribution in [0.1, 0.15) is 16.1 Å². The molecule has 23 heavy (non-hydrogen) atoms. The van der Waals surface area contributed by atoms with Crippen LogP contribution in [0.2, 0.25) is 0 Å². The molecule has 0 spiro atoms. The van der Waals surface area contributed by atoms with Gasteiger partial charge in [0, 0.05) is 6.54 Å². The summed E-state index contributed by atoms with van der Waals surface area (Å²) in [6.45, 7) is 0.327. The number of aromatic hydroxyl groups is 1. The summed E-state index contributed by atoms with van der Waals surface area (Å²) in [4.78, 5) is 14.9. The van der Waals surface area contributed by atoms with Gasteiger partial charge in [0.05, 0.1) is 21.6 Å². The number of carboxylic acid groups (broad SMARTS) is 1. The van der Waals surface area contributed by atoms with E-state index in [1.165, 1.54) is 18.3 Å². The summed E-state index contributed by atoms with van der Waals surface area (Å²) in [5.41, 5.74) is 0.820. The third-order valence-electron chi connectivity index (χ3n) is 3.39. The molecule has 2 heterocycles. The van der Waals surface area contributed by atoms with Gasteiger partial charge < -0.3 is 14.8 Å². The maximum Gasteiger partial charge on any atom is 0.358 e. The van der Waals surface area contributed by atoms with Crippen LogP contribution >= 0.6 is 31.9 Å². The average Bonchev–Trinajstić information content (AvgIpc) is 2.73. The van der Waals surface area contributed by atoms with Crippen molar-refractivity contribution in [3.63, 3.8) is 0 Å². The Morgan fingerprint density at radius 1 is 1.35 bits per heavy atom. The molecule has 1 aromatic carbocycles. The molecule has 0 radical (unpaired) electrons. The van der Waals surface area contributed by atoms with Crippen molar-refractivity contribution in [2.45, 2.75) is 6.54 Å². The van der Waals surface area contributed by atoms with Crippen LogP contribution in [0.25, 0.3) is 10.9 Å². The Hall–Kier alpha value is -1.93. The predicted octanol–water partition coefficient (Wildman–Crippen LogP) is 4.15. The first-order valence-corrected chi connectivity index (χ1v) is 8.01. The summed E-state index contributed by atoms with van der Waals surface area (Å²) < 4.78 is 16.2. The van der Waals surface area contributed by atoms with Crippen molar-refractivity contribution < 1.29 is 19.4 Å². The Morgan fingerprint density at radius 3 is 2.74 bits per heavy atom. The zero-order valence-corrected chi connectivity index (χ0v) is 14.6. The van der Waals surface area contributed by atoms with Gasteiger partial charge in [-0.3, -0.25) is 0 Å². The second kappa shape index (κ2) is 5.93. The fraction of sp³-hybridized carbons (Fsp3) is 0.0667. The first-order valence-electron chi connectivity index (χ1n) is 6.43. The van der Waals surface area contributed by atoms with Crippen LogP contribution in [-0.4, -0.2) is 25.7 Å². The third-order valence-corrected chi connectivity index (χ3v) is 5.52. The lowest BCUT2D eigenvalue weighted by molar-refractivity contribution is 0.0687. The maximum atomic E-state index is 13.3. The first-order chi connectivity index (χ1) is 10.9. The molecule has 0 atom stereocenters. The zero-order valence-electron chi connectivity index (χ0n) is 11.4. The predicted molar refractivity (Wildman–Crippen MR) is 89.3 cm³/mol. The average molecular weight is 444 g/mol. The van der Waals surface area contributed by atoms with Crippen LogP contribution in [0.15, 0.2) is 39.5 Å². The summed E-state index contributed by atoms with van der Waals surface area (Å²) in [5.74, 6) is -2.07. The lowest BCUT2D eigenvalue weighted by Crippen LogP contribution is -2.03. The molecule has 0 amide bonds. The molecule has 5 nitrogen and oxygen atoms in total. The molecule has 2 aromatic heterocycles. The van der Waals surface area contributed by atoms with E-state index < -0.39 is 17.4 Å². The molecule has 0 bridgehead atoms. The van der Waals surface area contributed by atoms with Crippen molar-refractivity contribution in [3.8, 4) is 5.75 Å². The van der Waals surface area contributed by atoms with Gasteiger partial charge >= 0.3 is 5.97 Å². The van der Waals surface area contributed by atoms with Crippen molar-refractivity contribution in [1.29, 1.82) is 0 Å². The Balaban J connectivity index is 2.20. The Kier molecular flexibility index (Phi) is 4.11. The highest BCUT2D eigenvalue weighted by molar-refractivity contribution is 9.13. The fourth-order valence-electron chi connectivity index (χ4n) is 2.37. The molecule has 0 aliphatic rings. The van der Waals surface area contributed by atoms with Crippen molar-refractivity contribution in [2.75, 3.05) is 0 Å². The largest absolute Gasteiger partial charge is 0.505 e. The Morgan fingerprint density at radius 2 is 2.09 bits per heavy atom. The SMILES string of the molecule is O=C(O)c1ncc2c(c1O)c(Br)c(Br)n2Cc1cccc(F)c1. The van der Waals surface area contributed by atoms with Gasteiger partial charge in [0.2, 0.25) is 0 Å². The van der Waals surface area contributed by atoms with Crippen LogP contribution in [0, 0.1) is 5.82 Å². The van der Waals surface area contributed by atoms with E-state index in [1.54, 1.807) is 16.7 Å². The third kappa shape index (κ3) is 2.72.